The van der Waals surface area contributed by atoms with Gasteiger partial charge in [-0.2, -0.15) is 0 Å². The summed E-state index contributed by atoms with van der Waals surface area (Å²) in [5.41, 5.74) is 0. The standard InChI is InChI=1S/C10H20O2/c1-2-3-4-5-6-7-8-9-10(11)12-9/h9-11H,2-8H2,1H3. The first-order valence-corrected chi connectivity index (χ1v) is 5.18. The van der Waals surface area contributed by atoms with Gasteiger partial charge in [0, 0.05) is 0 Å². The normalized spacial score (nSPS) is 27.5. The molecule has 0 amide bonds. The molecule has 0 aromatic heterocycles. The van der Waals surface area contributed by atoms with Crippen LogP contribution in [0, 0.1) is 0 Å². The van der Waals surface area contributed by atoms with Crippen molar-refractivity contribution in [1.82, 2.24) is 0 Å². The maximum absolute atomic E-state index is 8.84. The second-order valence-electron chi connectivity index (χ2n) is 3.62. The van der Waals surface area contributed by atoms with Crippen molar-refractivity contribution in [2.45, 2.75) is 64.3 Å². The summed E-state index contributed by atoms with van der Waals surface area (Å²) in [6.45, 7) is 2.23. The monoisotopic (exact) mass is 172 g/mol. The van der Waals surface area contributed by atoms with Gasteiger partial charge in [-0.15, -0.1) is 0 Å². The van der Waals surface area contributed by atoms with Crippen LogP contribution in [0.25, 0.3) is 0 Å². The Labute approximate surface area is 74.9 Å². The van der Waals surface area contributed by atoms with E-state index in [0.29, 0.717) is 0 Å². The third-order valence-electron chi connectivity index (χ3n) is 2.40. The number of ether oxygens (including phenoxy) is 1. The molecule has 1 aliphatic heterocycles. The number of rotatable bonds is 7. The van der Waals surface area contributed by atoms with E-state index in [1.54, 1.807) is 0 Å². The number of aliphatic hydroxyl groups is 1. The summed E-state index contributed by atoms with van der Waals surface area (Å²) in [6.07, 6.45) is 8.69. The third kappa shape index (κ3) is 4.07. The summed E-state index contributed by atoms with van der Waals surface area (Å²) in [5, 5.41) is 8.84. The number of epoxide rings is 1. The van der Waals surface area contributed by atoms with Crippen LogP contribution < -0.4 is 0 Å². The summed E-state index contributed by atoms with van der Waals surface area (Å²) < 4.78 is 4.90. The van der Waals surface area contributed by atoms with Gasteiger partial charge in [0.05, 0.1) is 0 Å². The molecule has 0 aromatic carbocycles. The van der Waals surface area contributed by atoms with E-state index in [9.17, 15) is 0 Å². The van der Waals surface area contributed by atoms with E-state index in [1.165, 1.54) is 38.5 Å². The zero-order valence-corrected chi connectivity index (χ0v) is 7.96. The molecule has 1 fully saturated rings. The maximum Gasteiger partial charge on any atom is 0.181 e. The second kappa shape index (κ2) is 5.55. The third-order valence-corrected chi connectivity index (χ3v) is 2.40. The molecule has 2 unspecified atom stereocenters. The van der Waals surface area contributed by atoms with Crippen LogP contribution in [0.3, 0.4) is 0 Å². The lowest BCUT2D eigenvalue weighted by atomic mass is 10.1. The predicted molar refractivity (Wildman–Crippen MR) is 48.9 cm³/mol. The van der Waals surface area contributed by atoms with Crippen molar-refractivity contribution < 1.29 is 9.84 Å². The molecule has 1 heterocycles. The molecule has 2 heteroatoms. The molecule has 1 aliphatic rings. The Morgan fingerprint density at radius 3 is 2.25 bits per heavy atom. The molecule has 0 saturated carbocycles. The highest BCUT2D eigenvalue weighted by Crippen LogP contribution is 2.24. The average molecular weight is 172 g/mol. The lowest BCUT2D eigenvalue weighted by Gasteiger charge is -1.97. The molecule has 2 atom stereocenters. The maximum atomic E-state index is 8.84. The van der Waals surface area contributed by atoms with Gasteiger partial charge in [0.15, 0.2) is 6.29 Å². The highest BCUT2D eigenvalue weighted by Gasteiger charge is 2.35. The fourth-order valence-corrected chi connectivity index (χ4v) is 1.47. The molecule has 12 heavy (non-hydrogen) atoms. The molecule has 0 radical (unpaired) electrons. The molecule has 1 N–H and O–H groups in total. The van der Waals surface area contributed by atoms with Crippen LogP contribution in [0.4, 0.5) is 0 Å². The molecule has 0 bridgehead atoms. The minimum Gasteiger partial charge on any atom is -0.366 e. The van der Waals surface area contributed by atoms with Crippen molar-refractivity contribution in [3.05, 3.63) is 0 Å². The van der Waals surface area contributed by atoms with Gasteiger partial charge in [0.2, 0.25) is 0 Å². The van der Waals surface area contributed by atoms with E-state index >= 15 is 0 Å². The van der Waals surface area contributed by atoms with E-state index in [2.05, 4.69) is 6.92 Å². The zero-order chi connectivity index (χ0) is 8.81. The second-order valence-corrected chi connectivity index (χ2v) is 3.62. The van der Waals surface area contributed by atoms with Crippen LogP contribution in [0.1, 0.15) is 51.9 Å². The van der Waals surface area contributed by atoms with Crippen molar-refractivity contribution in [3.8, 4) is 0 Å². The van der Waals surface area contributed by atoms with Crippen LogP contribution in [-0.4, -0.2) is 17.5 Å². The summed E-state index contributed by atoms with van der Waals surface area (Å²) in [6, 6.07) is 0. The van der Waals surface area contributed by atoms with Gasteiger partial charge in [-0.1, -0.05) is 45.4 Å². The van der Waals surface area contributed by atoms with Crippen LogP contribution in [0.15, 0.2) is 0 Å². The molecule has 1 saturated heterocycles. The van der Waals surface area contributed by atoms with Gasteiger partial charge in [0.1, 0.15) is 6.10 Å². The van der Waals surface area contributed by atoms with Crippen LogP contribution in [0.5, 0.6) is 0 Å². The molecule has 2 nitrogen and oxygen atoms in total. The van der Waals surface area contributed by atoms with E-state index in [0.717, 1.165) is 6.42 Å². The molecule has 72 valence electrons. The molecular formula is C10H20O2. The molecule has 0 spiro atoms. The predicted octanol–water partition coefficient (Wildman–Crippen LogP) is 2.45. The van der Waals surface area contributed by atoms with E-state index in [-0.39, 0.29) is 6.10 Å². The Kier molecular flexibility index (Phi) is 4.62. The van der Waals surface area contributed by atoms with Crippen molar-refractivity contribution in [2.75, 3.05) is 0 Å². The lowest BCUT2D eigenvalue weighted by molar-refractivity contribution is 0.156. The number of hydrogen-bond acceptors (Lipinski definition) is 2. The summed E-state index contributed by atoms with van der Waals surface area (Å²) >= 11 is 0. The van der Waals surface area contributed by atoms with Gasteiger partial charge in [-0.25, -0.2) is 0 Å². The summed E-state index contributed by atoms with van der Waals surface area (Å²) in [5.74, 6) is 0. The van der Waals surface area contributed by atoms with Crippen LogP contribution >= 0.6 is 0 Å². The van der Waals surface area contributed by atoms with Gasteiger partial charge in [0.25, 0.3) is 0 Å². The van der Waals surface area contributed by atoms with Crippen molar-refractivity contribution in [1.29, 1.82) is 0 Å². The Balaban J connectivity index is 1.72. The Bertz CT molecular complexity index is 114. The number of unbranched alkanes of at least 4 members (excludes halogenated alkanes) is 5. The van der Waals surface area contributed by atoms with Crippen LogP contribution in [-0.2, 0) is 4.74 Å². The SMILES string of the molecule is CCCCCCCCC1OC1O. The van der Waals surface area contributed by atoms with E-state index < -0.39 is 6.29 Å². The number of hydrogen-bond donors (Lipinski definition) is 1. The molecule has 0 aliphatic carbocycles. The first kappa shape index (κ1) is 10.0. The Morgan fingerprint density at radius 1 is 1.08 bits per heavy atom. The quantitative estimate of drug-likeness (QED) is 0.472. The largest absolute Gasteiger partial charge is 0.366 e. The van der Waals surface area contributed by atoms with Gasteiger partial charge >= 0.3 is 0 Å². The Morgan fingerprint density at radius 2 is 1.67 bits per heavy atom. The molecule has 1 rings (SSSR count). The summed E-state index contributed by atoms with van der Waals surface area (Å²) in [7, 11) is 0. The molecule has 0 aromatic rings. The van der Waals surface area contributed by atoms with Crippen molar-refractivity contribution >= 4 is 0 Å². The number of aliphatic hydroxyl groups excluding tert-OH is 1. The summed E-state index contributed by atoms with van der Waals surface area (Å²) in [4.78, 5) is 0. The van der Waals surface area contributed by atoms with Crippen molar-refractivity contribution in [2.24, 2.45) is 0 Å². The lowest BCUT2D eigenvalue weighted by Crippen LogP contribution is -1.91. The first-order valence-electron chi connectivity index (χ1n) is 5.18. The highest BCUT2D eigenvalue weighted by atomic mass is 16.7. The van der Waals surface area contributed by atoms with E-state index in [4.69, 9.17) is 9.84 Å². The minimum absolute atomic E-state index is 0.177. The van der Waals surface area contributed by atoms with E-state index in [1.807, 2.05) is 0 Å². The topological polar surface area (TPSA) is 32.8 Å². The zero-order valence-electron chi connectivity index (χ0n) is 7.96. The average Bonchev–Trinajstić information content (AvgIpc) is 2.74. The van der Waals surface area contributed by atoms with Crippen LogP contribution in [0.2, 0.25) is 0 Å². The fourth-order valence-electron chi connectivity index (χ4n) is 1.47. The minimum atomic E-state index is -0.430. The van der Waals surface area contributed by atoms with Gasteiger partial charge in [-0.3, -0.25) is 0 Å². The highest BCUT2D eigenvalue weighted by molar-refractivity contribution is 4.74. The smallest absolute Gasteiger partial charge is 0.181 e. The van der Waals surface area contributed by atoms with Crippen molar-refractivity contribution in [3.63, 3.8) is 0 Å². The fraction of sp³-hybridized carbons (Fsp3) is 1.00. The first-order chi connectivity index (χ1) is 5.84. The van der Waals surface area contributed by atoms with Gasteiger partial charge < -0.3 is 9.84 Å². The molecular weight excluding hydrogens is 152 g/mol. The van der Waals surface area contributed by atoms with Gasteiger partial charge in [-0.05, 0) is 6.42 Å². The Hall–Kier alpha value is -0.0800.